The standard InChI is InChI=1S/C17H14N6OS2/c1-9-6-13(10-4-3-5-11(7-10)24-2)21-22-15(9)23-16-12(8-19-23)14(18)26-17(25)20-16/h3-8H,18H2,1-2H3. The Balaban J connectivity index is 1.83. The van der Waals surface area contributed by atoms with Gasteiger partial charge in [0.25, 0.3) is 0 Å². The first-order valence-corrected chi connectivity index (χ1v) is 8.93. The maximum absolute atomic E-state index is 6.02. The van der Waals surface area contributed by atoms with Crippen molar-refractivity contribution in [2.75, 3.05) is 12.8 Å². The molecule has 2 N–H and O–H groups in total. The topological polar surface area (TPSA) is 91.7 Å². The summed E-state index contributed by atoms with van der Waals surface area (Å²) in [5.74, 6) is 1.35. The first-order chi connectivity index (χ1) is 12.6. The first kappa shape index (κ1) is 16.6. The highest BCUT2D eigenvalue weighted by molar-refractivity contribution is 7.73. The van der Waals surface area contributed by atoms with Gasteiger partial charge in [0.2, 0.25) is 0 Å². The van der Waals surface area contributed by atoms with Gasteiger partial charge in [-0.2, -0.15) is 9.78 Å². The highest BCUT2D eigenvalue weighted by atomic mass is 32.1. The number of nitrogens with zero attached hydrogens (tertiary/aromatic N) is 5. The van der Waals surface area contributed by atoms with Gasteiger partial charge in [-0.25, -0.2) is 4.98 Å². The van der Waals surface area contributed by atoms with Crippen LogP contribution in [0.4, 0.5) is 5.00 Å². The number of aryl methyl sites for hydroxylation is 1. The van der Waals surface area contributed by atoms with E-state index in [1.165, 1.54) is 11.3 Å². The molecule has 7 nitrogen and oxygen atoms in total. The first-order valence-electron chi connectivity index (χ1n) is 7.70. The van der Waals surface area contributed by atoms with Crippen molar-refractivity contribution < 1.29 is 4.74 Å². The second-order valence-electron chi connectivity index (χ2n) is 5.61. The summed E-state index contributed by atoms with van der Waals surface area (Å²) in [5.41, 5.74) is 9.19. The second-order valence-corrected chi connectivity index (χ2v) is 7.28. The van der Waals surface area contributed by atoms with Crippen LogP contribution in [0.1, 0.15) is 5.56 Å². The summed E-state index contributed by atoms with van der Waals surface area (Å²) < 4.78 is 7.34. The Labute approximate surface area is 158 Å². The molecule has 0 unspecified atom stereocenters. The second kappa shape index (κ2) is 6.43. The van der Waals surface area contributed by atoms with Crippen molar-refractivity contribution in [1.82, 2.24) is 25.0 Å². The zero-order valence-electron chi connectivity index (χ0n) is 14.0. The van der Waals surface area contributed by atoms with Crippen LogP contribution in [0, 0.1) is 10.9 Å². The van der Waals surface area contributed by atoms with Crippen LogP contribution >= 0.6 is 23.6 Å². The fourth-order valence-corrected chi connectivity index (χ4v) is 3.58. The molecule has 1 aromatic carbocycles. The minimum absolute atomic E-state index is 0.454. The van der Waals surface area contributed by atoms with Crippen molar-refractivity contribution in [3.63, 3.8) is 0 Å². The van der Waals surface area contributed by atoms with Crippen LogP contribution < -0.4 is 10.5 Å². The number of ether oxygens (including phenoxy) is 1. The molecule has 3 heterocycles. The zero-order chi connectivity index (χ0) is 18.3. The van der Waals surface area contributed by atoms with Gasteiger partial charge in [-0.15, -0.1) is 10.2 Å². The van der Waals surface area contributed by atoms with Crippen LogP contribution in [-0.4, -0.2) is 32.1 Å². The normalized spacial score (nSPS) is 11.0. The summed E-state index contributed by atoms with van der Waals surface area (Å²) >= 11 is 6.44. The lowest BCUT2D eigenvalue weighted by Gasteiger charge is -2.08. The Morgan fingerprint density at radius 1 is 1.23 bits per heavy atom. The van der Waals surface area contributed by atoms with Crippen molar-refractivity contribution in [2.45, 2.75) is 6.92 Å². The highest BCUT2D eigenvalue weighted by Crippen LogP contribution is 2.27. The Morgan fingerprint density at radius 2 is 2.08 bits per heavy atom. The van der Waals surface area contributed by atoms with Crippen LogP contribution in [0.3, 0.4) is 0 Å². The van der Waals surface area contributed by atoms with Gasteiger partial charge < -0.3 is 10.5 Å². The largest absolute Gasteiger partial charge is 0.497 e. The lowest BCUT2D eigenvalue weighted by molar-refractivity contribution is 0.415. The zero-order valence-corrected chi connectivity index (χ0v) is 15.6. The third kappa shape index (κ3) is 2.80. The van der Waals surface area contributed by atoms with E-state index < -0.39 is 0 Å². The number of aromatic nitrogens is 5. The molecule has 0 saturated heterocycles. The van der Waals surface area contributed by atoms with Crippen LogP contribution in [0.2, 0.25) is 0 Å². The Morgan fingerprint density at radius 3 is 2.85 bits per heavy atom. The molecule has 0 aliphatic rings. The summed E-state index contributed by atoms with van der Waals surface area (Å²) in [4.78, 5) is 4.39. The van der Waals surface area contributed by atoms with Gasteiger partial charge in [-0.3, -0.25) is 0 Å². The fraction of sp³-hybridized carbons (Fsp3) is 0.118. The van der Waals surface area contributed by atoms with Crippen LogP contribution in [-0.2, 0) is 0 Å². The SMILES string of the molecule is COc1cccc(-c2cc(C)c(-n3ncc4c(N)sc(=S)nc43)nn2)c1. The van der Waals surface area contributed by atoms with Gasteiger partial charge in [-0.05, 0) is 42.9 Å². The number of hydrogen-bond acceptors (Lipinski definition) is 8. The molecule has 0 saturated carbocycles. The van der Waals surface area contributed by atoms with E-state index >= 15 is 0 Å². The maximum atomic E-state index is 6.02. The number of methoxy groups -OCH3 is 1. The van der Waals surface area contributed by atoms with E-state index in [1.54, 1.807) is 18.0 Å². The smallest absolute Gasteiger partial charge is 0.184 e. The van der Waals surface area contributed by atoms with E-state index in [2.05, 4.69) is 20.3 Å². The molecule has 0 aliphatic carbocycles. The number of rotatable bonds is 3. The summed E-state index contributed by atoms with van der Waals surface area (Å²) in [6.45, 7) is 1.95. The Bertz CT molecular complexity index is 1180. The van der Waals surface area contributed by atoms with Crippen LogP contribution in [0.5, 0.6) is 5.75 Å². The molecule has 0 fully saturated rings. The summed E-state index contributed by atoms with van der Waals surface area (Å²) in [6, 6.07) is 9.63. The van der Waals surface area contributed by atoms with Gasteiger partial charge >= 0.3 is 0 Å². The molecule has 0 amide bonds. The molecule has 0 aliphatic heterocycles. The van der Waals surface area contributed by atoms with E-state index in [9.17, 15) is 0 Å². The monoisotopic (exact) mass is 382 g/mol. The van der Waals surface area contributed by atoms with E-state index in [4.69, 9.17) is 22.7 Å². The number of benzene rings is 1. The average Bonchev–Trinajstić information content (AvgIpc) is 3.05. The quantitative estimate of drug-likeness (QED) is 0.542. The number of anilines is 1. The van der Waals surface area contributed by atoms with Gasteiger partial charge in [0.05, 0.1) is 24.4 Å². The number of hydrogen-bond donors (Lipinski definition) is 1. The molecule has 26 heavy (non-hydrogen) atoms. The summed E-state index contributed by atoms with van der Waals surface area (Å²) in [7, 11) is 1.63. The van der Waals surface area contributed by atoms with Crippen molar-refractivity contribution in [3.05, 3.63) is 46.0 Å². The Hall–Kier alpha value is -2.91. The van der Waals surface area contributed by atoms with Crippen molar-refractivity contribution in [3.8, 4) is 22.8 Å². The van der Waals surface area contributed by atoms with Gasteiger partial charge in [-0.1, -0.05) is 23.5 Å². The highest BCUT2D eigenvalue weighted by Gasteiger charge is 2.14. The molecule has 0 bridgehead atoms. The molecule has 0 radical (unpaired) electrons. The third-order valence-electron chi connectivity index (χ3n) is 3.93. The minimum Gasteiger partial charge on any atom is -0.497 e. The maximum Gasteiger partial charge on any atom is 0.184 e. The van der Waals surface area contributed by atoms with Crippen LogP contribution in [0.25, 0.3) is 28.1 Å². The molecule has 0 spiro atoms. The Kier molecular flexibility index (Phi) is 4.09. The van der Waals surface area contributed by atoms with Gasteiger partial charge in [0, 0.05) is 5.56 Å². The van der Waals surface area contributed by atoms with E-state index in [1.807, 2.05) is 37.3 Å². The summed E-state index contributed by atoms with van der Waals surface area (Å²) in [5, 5.41) is 14.4. The van der Waals surface area contributed by atoms with E-state index in [-0.39, 0.29) is 0 Å². The molecule has 4 aromatic rings. The molecular formula is C17H14N6OS2. The number of fused-ring (bicyclic) bond motifs is 1. The lowest BCUT2D eigenvalue weighted by Crippen LogP contribution is -2.05. The average molecular weight is 382 g/mol. The predicted octanol–water partition coefficient (Wildman–Crippen LogP) is 3.57. The van der Waals surface area contributed by atoms with E-state index in [0.717, 1.165) is 28.0 Å². The molecule has 130 valence electrons. The lowest BCUT2D eigenvalue weighted by atomic mass is 10.1. The van der Waals surface area contributed by atoms with Gasteiger partial charge in [0.1, 0.15) is 10.8 Å². The van der Waals surface area contributed by atoms with Crippen molar-refractivity contribution in [1.29, 1.82) is 0 Å². The van der Waals surface area contributed by atoms with E-state index in [0.29, 0.717) is 20.4 Å². The minimum atomic E-state index is 0.454. The number of nitrogens with two attached hydrogens (primary N) is 1. The van der Waals surface area contributed by atoms with Crippen molar-refractivity contribution >= 4 is 39.6 Å². The molecule has 9 heteroatoms. The molecule has 0 atom stereocenters. The molecule has 4 rings (SSSR count). The predicted molar refractivity (Wildman–Crippen MR) is 104 cm³/mol. The number of nitrogen functional groups attached to an aromatic ring is 1. The van der Waals surface area contributed by atoms with Gasteiger partial charge in [0.15, 0.2) is 15.4 Å². The van der Waals surface area contributed by atoms with Crippen LogP contribution in [0.15, 0.2) is 36.5 Å². The summed E-state index contributed by atoms with van der Waals surface area (Å²) in [6.07, 6.45) is 1.67. The molecule has 3 aromatic heterocycles. The fourth-order valence-electron chi connectivity index (χ4n) is 2.65. The van der Waals surface area contributed by atoms with Crippen molar-refractivity contribution in [2.24, 2.45) is 0 Å². The third-order valence-corrected chi connectivity index (χ3v) is 4.98. The molecular weight excluding hydrogens is 368 g/mol.